The molecule has 1 aromatic heterocycles. The molecule has 0 radical (unpaired) electrons. The van der Waals surface area contributed by atoms with Crippen molar-refractivity contribution in [1.82, 2.24) is 10.3 Å². The summed E-state index contributed by atoms with van der Waals surface area (Å²) in [6, 6.07) is 15.4. The molecular weight excluding hydrogens is 371 g/mol. The van der Waals surface area contributed by atoms with Crippen LogP contribution in [-0.2, 0) is 9.53 Å². The molecule has 0 saturated carbocycles. The number of aromatic nitrogens is 1. The van der Waals surface area contributed by atoms with Gasteiger partial charge in [-0.15, -0.1) is 0 Å². The number of fused-ring (bicyclic) bond motifs is 1. The lowest BCUT2D eigenvalue weighted by Crippen LogP contribution is -2.31. The molecule has 1 aliphatic heterocycles. The van der Waals surface area contributed by atoms with E-state index >= 15 is 0 Å². The van der Waals surface area contributed by atoms with E-state index in [1.807, 2.05) is 24.3 Å². The fourth-order valence-electron chi connectivity index (χ4n) is 3.65. The number of nitrogens with one attached hydrogen (secondary N) is 1. The molecule has 1 saturated heterocycles. The molecule has 0 amide bonds. The number of benzene rings is 2. The fraction of sp³-hybridized carbons (Fsp3) is 0.261. The normalized spacial score (nSPS) is 18.7. The third kappa shape index (κ3) is 4.49. The van der Waals surface area contributed by atoms with Gasteiger partial charge in [-0.25, -0.2) is 9.18 Å². The first-order valence-electron chi connectivity index (χ1n) is 9.63. The van der Waals surface area contributed by atoms with E-state index in [9.17, 15) is 14.0 Å². The predicted molar refractivity (Wildman–Crippen MR) is 107 cm³/mol. The Hall–Kier alpha value is -3.12. The molecule has 0 bridgehead atoms. The van der Waals surface area contributed by atoms with Crippen molar-refractivity contribution < 1.29 is 18.7 Å². The van der Waals surface area contributed by atoms with Crippen LogP contribution < -0.4 is 5.32 Å². The van der Waals surface area contributed by atoms with Gasteiger partial charge < -0.3 is 10.1 Å². The van der Waals surface area contributed by atoms with E-state index in [0.717, 1.165) is 16.5 Å². The predicted octanol–water partition coefficient (Wildman–Crippen LogP) is 3.64. The van der Waals surface area contributed by atoms with Gasteiger partial charge in [0.05, 0.1) is 23.7 Å². The summed E-state index contributed by atoms with van der Waals surface area (Å²) in [5, 5.41) is 4.08. The number of ketones is 1. The van der Waals surface area contributed by atoms with Crippen molar-refractivity contribution in [3.63, 3.8) is 0 Å². The minimum absolute atomic E-state index is 0.0130. The lowest BCUT2D eigenvalue weighted by molar-refractivity contribution is -0.121. The van der Waals surface area contributed by atoms with Crippen molar-refractivity contribution in [2.45, 2.75) is 24.8 Å². The number of hydrogen-bond acceptors (Lipinski definition) is 5. The Bertz CT molecular complexity index is 1040. The average Bonchev–Trinajstić information content (AvgIpc) is 3.24. The van der Waals surface area contributed by atoms with Crippen LogP contribution in [0.25, 0.3) is 10.9 Å². The summed E-state index contributed by atoms with van der Waals surface area (Å²) in [5.74, 6) is -0.565. The zero-order chi connectivity index (χ0) is 20.2. The van der Waals surface area contributed by atoms with Crippen LogP contribution in [0.3, 0.4) is 0 Å². The number of pyridine rings is 1. The SMILES string of the molecule is O=C(OCCC(=O)[C@@H]1CC(c2ccc(F)cc2)CN1)c1cnc2ccccc2c1. The van der Waals surface area contributed by atoms with E-state index in [0.29, 0.717) is 18.5 Å². The number of para-hydroxylation sites is 1. The molecule has 1 N–H and O–H groups in total. The van der Waals surface area contributed by atoms with Crippen molar-refractivity contribution in [1.29, 1.82) is 0 Å². The van der Waals surface area contributed by atoms with Crippen molar-refractivity contribution in [2.24, 2.45) is 0 Å². The molecule has 0 spiro atoms. The number of hydrogen-bond donors (Lipinski definition) is 1. The van der Waals surface area contributed by atoms with Crippen LogP contribution in [0.4, 0.5) is 4.39 Å². The van der Waals surface area contributed by atoms with Gasteiger partial charge in [-0.1, -0.05) is 30.3 Å². The van der Waals surface area contributed by atoms with Crippen molar-refractivity contribution in [3.8, 4) is 0 Å². The first kappa shape index (κ1) is 19.2. The van der Waals surface area contributed by atoms with Gasteiger partial charge in [-0.05, 0) is 42.2 Å². The average molecular weight is 392 g/mol. The largest absolute Gasteiger partial charge is 0.462 e. The van der Waals surface area contributed by atoms with Gasteiger partial charge in [0, 0.05) is 24.5 Å². The maximum Gasteiger partial charge on any atom is 0.339 e. The standard InChI is InChI=1S/C23H21FN2O3/c24-19-7-5-15(6-8-19)17-12-21(26-13-17)22(27)9-10-29-23(28)18-11-16-3-1-2-4-20(16)25-14-18/h1-8,11,14,17,21,26H,9-10,12-13H2/t17?,21-/m0/s1. The maximum atomic E-state index is 13.1. The van der Waals surface area contributed by atoms with E-state index in [1.54, 1.807) is 18.2 Å². The lowest BCUT2D eigenvalue weighted by Gasteiger charge is -2.11. The summed E-state index contributed by atoms with van der Waals surface area (Å²) >= 11 is 0. The number of ether oxygens (including phenoxy) is 1. The van der Waals surface area contributed by atoms with E-state index in [2.05, 4.69) is 10.3 Å². The second-order valence-corrected chi connectivity index (χ2v) is 7.21. The molecular formula is C23H21FN2O3. The van der Waals surface area contributed by atoms with Crippen LogP contribution in [0.1, 0.15) is 34.7 Å². The summed E-state index contributed by atoms with van der Waals surface area (Å²) in [6.07, 6.45) is 2.30. The maximum absolute atomic E-state index is 13.1. The van der Waals surface area contributed by atoms with E-state index in [-0.39, 0.29) is 36.6 Å². The third-order valence-electron chi connectivity index (χ3n) is 5.27. The number of rotatable bonds is 6. The molecule has 5 nitrogen and oxygen atoms in total. The quantitative estimate of drug-likeness (QED) is 0.649. The first-order chi connectivity index (χ1) is 14.1. The van der Waals surface area contributed by atoms with Gasteiger partial charge in [0.15, 0.2) is 5.78 Å². The number of esters is 1. The fourth-order valence-corrected chi connectivity index (χ4v) is 3.65. The van der Waals surface area contributed by atoms with Crippen molar-refractivity contribution in [2.75, 3.05) is 13.2 Å². The highest BCUT2D eigenvalue weighted by Crippen LogP contribution is 2.26. The minimum Gasteiger partial charge on any atom is -0.462 e. The van der Waals surface area contributed by atoms with Crippen LogP contribution in [-0.4, -0.2) is 35.9 Å². The summed E-state index contributed by atoms with van der Waals surface area (Å²) < 4.78 is 18.3. The van der Waals surface area contributed by atoms with Crippen LogP contribution in [0.5, 0.6) is 0 Å². The summed E-state index contributed by atoms with van der Waals surface area (Å²) in [5.41, 5.74) is 2.19. The molecule has 2 heterocycles. The molecule has 6 heteroatoms. The first-order valence-corrected chi connectivity index (χ1v) is 9.63. The molecule has 1 fully saturated rings. The zero-order valence-corrected chi connectivity index (χ0v) is 15.8. The second kappa shape index (κ2) is 8.49. The summed E-state index contributed by atoms with van der Waals surface area (Å²) in [7, 11) is 0. The molecule has 2 atom stereocenters. The Balaban J connectivity index is 1.27. The number of nitrogens with zero attached hydrogens (tertiary/aromatic N) is 1. The van der Waals surface area contributed by atoms with E-state index in [1.165, 1.54) is 18.3 Å². The van der Waals surface area contributed by atoms with Crippen LogP contribution in [0, 0.1) is 5.82 Å². The lowest BCUT2D eigenvalue weighted by atomic mass is 9.94. The highest BCUT2D eigenvalue weighted by atomic mass is 19.1. The molecule has 3 aromatic rings. The third-order valence-corrected chi connectivity index (χ3v) is 5.27. The zero-order valence-electron chi connectivity index (χ0n) is 15.8. The van der Waals surface area contributed by atoms with Gasteiger partial charge in [0.25, 0.3) is 0 Å². The van der Waals surface area contributed by atoms with Crippen molar-refractivity contribution >= 4 is 22.7 Å². The topological polar surface area (TPSA) is 68.3 Å². The molecule has 29 heavy (non-hydrogen) atoms. The Morgan fingerprint density at radius 2 is 1.93 bits per heavy atom. The monoisotopic (exact) mass is 392 g/mol. The molecule has 4 rings (SSSR count). The van der Waals surface area contributed by atoms with E-state index < -0.39 is 5.97 Å². The molecule has 2 aromatic carbocycles. The van der Waals surface area contributed by atoms with Gasteiger partial charge in [-0.3, -0.25) is 9.78 Å². The van der Waals surface area contributed by atoms with Crippen LogP contribution in [0.2, 0.25) is 0 Å². The minimum atomic E-state index is -0.486. The number of carbonyl (C=O) groups excluding carboxylic acids is 2. The van der Waals surface area contributed by atoms with E-state index in [4.69, 9.17) is 4.74 Å². The van der Waals surface area contributed by atoms with Gasteiger partial charge in [0.2, 0.25) is 0 Å². The van der Waals surface area contributed by atoms with Crippen molar-refractivity contribution in [3.05, 3.63) is 77.7 Å². The van der Waals surface area contributed by atoms with Gasteiger partial charge >= 0.3 is 5.97 Å². The molecule has 148 valence electrons. The Kier molecular flexibility index (Phi) is 5.62. The highest BCUT2D eigenvalue weighted by molar-refractivity contribution is 5.93. The van der Waals surface area contributed by atoms with Gasteiger partial charge in [0.1, 0.15) is 5.82 Å². The Labute approximate surface area is 167 Å². The molecule has 1 aliphatic rings. The number of halogens is 1. The Morgan fingerprint density at radius 1 is 1.14 bits per heavy atom. The molecule has 0 aliphatic carbocycles. The van der Waals surface area contributed by atoms with Crippen LogP contribution >= 0.6 is 0 Å². The molecule has 1 unspecified atom stereocenters. The summed E-state index contributed by atoms with van der Waals surface area (Å²) in [6.45, 7) is 0.703. The number of carbonyl (C=O) groups is 2. The van der Waals surface area contributed by atoms with Gasteiger partial charge in [-0.2, -0.15) is 0 Å². The van der Waals surface area contributed by atoms with Crippen LogP contribution in [0.15, 0.2) is 60.8 Å². The number of Topliss-reactive ketones (excluding diaryl/α,β-unsaturated/α-hetero) is 1. The Morgan fingerprint density at radius 3 is 2.76 bits per heavy atom. The second-order valence-electron chi connectivity index (χ2n) is 7.21. The highest BCUT2D eigenvalue weighted by Gasteiger charge is 2.30. The summed E-state index contributed by atoms with van der Waals surface area (Å²) in [4.78, 5) is 28.9. The smallest absolute Gasteiger partial charge is 0.339 e.